The molecule has 0 bridgehead atoms. The van der Waals surface area contributed by atoms with Crippen molar-refractivity contribution in [3.8, 4) is 0 Å². The van der Waals surface area contributed by atoms with E-state index in [1.165, 1.54) is 18.4 Å². The van der Waals surface area contributed by atoms with Gasteiger partial charge in [0.15, 0.2) is 0 Å². The molecule has 0 amide bonds. The molecule has 2 aromatic rings. The van der Waals surface area contributed by atoms with Crippen LogP contribution in [0.2, 0.25) is 0 Å². The van der Waals surface area contributed by atoms with E-state index >= 15 is 0 Å². The summed E-state index contributed by atoms with van der Waals surface area (Å²) in [5.41, 5.74) is 6.01. The van der Waals surface area contributed by atoms with Gasteiger partial charge in [-0.05, 0) is 0 Å². The molecule has 0 aliphatic heterocycles. The lowest BCUT2D eigenvalue weighted by molar-refractivity contribution is -0.384. The minimum Gasteiger partial charge on any atom is -0.383 e. The number of anilines is 2. The van der Waals surface area contributed by atoms with E-state index in [9.17, 15) is 10.1 Å². The molecule has 0 unspecified atom stereocenters. The van der Waals surface area contributed by atoms with Crippen molar-refractivity contribution in [2.75, 3.05) is 11.1 Å². The first-order valence-electron chi connectivity index (χ1n) is 4.70. The van der Waals surface area contributed by atoms with E-state index in [0.29, 0.717) is 18.1 Å². The third kappa shape index (κ3) is 2.68. The molecule has 0 radical (unpaired) electrons. The Hall–Kier alpha value is -2.64. The van der Waals surface area contributed by atoms with Crippen LogP contribution in [0.4, 0.5) is 17.3 Å². The van der Waals surface area contributed by atoms with Crippen LogP contribution in [0, 0.1) is 10.1 Å². The number of pyridine rings is 1. The maximum Gasteiger partial charge on any atom is 0.276 e. The minimum atomic E-state index is -0.528. The van der Waals surface area contributed by atoms with Gasteiger partial charge in [0, 0.05) is 6.07 Å². The fraction of sp³-hybridized carbons (Fsp3) is 0.111. The summed E-state index contributed by atoms with van der Waals surface area (Å²) in [6, 6.07) is 4.17. The molecule has 3 N–H and O–H groups in total. The highest BCUT2D eigenvalue weighted by Crippen LogP contribution is 2.18. The Bertz CT molecular complexity index is 525. The van der Waals surface area contributed by atoms with Crippen molar-refractivity contribution in [1.29, 1.82) is 0 Å². The van der Waals surface area contributed by atoms with Gasteiger partial charge < -0.3 is 15.6 Å². The highest BCUT2D eigenvalue weighted by atomic mass is 16.6. The number of nitrogens with two attached hydrogens (primary N) is 1. The first kappa shape index (κ1) is 10.9. The number of hydrogen-bond donors (Lipinski definition) is 2. The molecule has 0 aliphatic rings. The fourth-order valence-corrected chi connectivity index (χ4v) is 1.24. The predicted octanol–water partition coefficient (Wildman–Crippen LogP) is 1.17. The lowest BCUT2D eigenvalue weighted by atomic mass is 10.3. The molecular formula is C9H9N5O3. The molecule has 0 aromatic carbocycles. The maximum atomic E-state index is 10.6. The van der Waals surface area contributed by atoms with Gasteiger partial charge in [0.25, 0.3) is 5.69 Å². The minimum absolute atomic E-state index is 0.0850. The molecule has 17 heavy (non-hydrogen) atoms. The molecule has 8 nitrogen and oxygen atoms in total. The molecule has 0 aliphatic carbocycles. The van der Waals surface area contributed by atoms with Crippen molar-refractivity contribution >= 4 is 17.3 Å². The molecule has 2 rings (SSSR count). The SMILES string of the molecule is Nc1cc([N+](=O)[O-])cc(NCc2ccon2)n1. The Balaban J connectivity index is 2.13. The van der Waals surface area contributed by atoms with E-state index in [-0.39, 0.29) is 11.5 Å². The van der Waals surface area contributed by atoms with Crippen molar-refractivity contribution in [3.63, 3.8) is 0 Å². The second kappa shape index (κ2) is 4.47. The molecule has 0 saturated carbocycles. The lowest BCUT2D eigenvalue weighted by Crippen LogP contribution is -2.04. The molecule has 0 saturated heterocycles. The van der Waals surface area contributed by atoms with Gasteiger partial charge in [0.2, 0.25) is 0 Å². The number of aromatic nitrogens is 2. The second-order valence-electron chi connectivity index (χ2n) is 3.24. The Morgan fingerprint density at radius 3 is 3.00 bits per heavy atom. The first-order valence-corrected chi connectivity index (χ1v) is 4.70. The standard InChI is InChI=1S/C9H9N5O3/c10-8-3-7(14(15)16)4-9(12-8)11-5-6-1-2-17-13-6/h1-4H,5H2,(H3,10,11,12). The number of rotatable bonds is 4. The highest BCUT2D eigenvalue weighted by Gasteiger charge is 2.09. The monoisotopic (exact) mass is 235 g/mol. The number of nitro groups is 1. The van der Waals surface area contributed by atoms with Crippen LogP contribution in [0.15, 0.2) is 29.0 Å². The summed E-state index contributed by atoms with van der Waals surface area (Å²) in [6.07, 6.45) is 1.44. The summed E-state index contributed by atoms with van der Waals surface area (Å²) in [6.45, 7) is 0.351. The van der Waals surface area contributed by atoms with Gasteiger partial charge in [-0.25, -0.2) is 4.98 Å². The molecule has 0 fully saturated rings. The third-order valence-electron chi connectivity index (χ3n) is 1.98. The van der Waals surface area contributed by atoms with Gasteiger partial charge in [-0.1, -0.05) is 5.16 Å². The zero-order valence-electron chi connectivity index (χ0n) is 8.66. The number of nitrogens with one attached hydrogen (secondary N) is 1. The van der Waals surface area contributed by atoms with Crippen LogP contribution in [0.3, 0.4) is 0 Å². The summed E-state index contributed by atoms with van der Waals surface area (Å²) >= 11 is 0. The number of nitrogens with zero attached hydrogens (tertiary/aromatic N) is 3. The smallest absolute Gasteiger partial charge is 0.276 e. The summed E-state index contributed by atoms with van der Waals surface area (Å²) in [5.74, 6) is 0.404. The van der Waals surface area contributed by atoms with E-state index in [1.807, 2.05) is 0 Å². The summed E-state index contributed by atoms with van der Waals surface area (Å²) < 4.78 is 4.65. The lowest BCUT2D eigenvalue weighted by Gasteiger charge is -2.03. The van der Waals surface area contributed by atoms with Crippen LogP contribution in [-0.2, 0) is 6.54 Å². The van der Waals surface area contributed by atoms with Crippen LogP contribution in [0.25, 0.3) is 0 Å². The summed E-state index contributed by atoms with van der Waals surface area (Å²) in [7, 11) is 0. The van der Waals surface area contributed by atoms with Gasteiger partial charge in [0.05, 0.1) is 23.6 Å². The van der Waals surface area contributed by atoms with E-state index in [1.54, 1.807) is 6.07 Å². The second-order valence-corrected chi connectivity index (χ2v) is 3.24. The predicted molar refractivity (Wildman–Crippen MR) is 59.1 cm³/mol. The van der Waals surface area contributed by atoms with Crippen LogP contribution in [0.1, 0.15) is 5.69 Å². The molecule has 0 atom stereocenters. The largest absolute Gasteiger partial charge is 0.383 e. The van der Waals surface area contributed by atoms with Gasteiger partial charge in [-0.2, -0.15) is 0 Å². The van der Waals surface area contributed by atoms with E-state index < -0.39 is 4.92 Å². The molecule has 0 spiro atoms. The van der Waals surface area contributed by atoms with Gasteiger partial charge >= 0.3 is 0 Å². The Morgan fingerprint density at radius 1 is 1.53 bits per heavy atom. The van der Waals surface area contributed by atoms with E-state index in [4.69, 9.17) is 5.73 Å². The molecule has 2 aromatic heterocycles. The quantitative estimate of drug-likeness (QED) is 0.602. The Labute approximate surface area is 95.6 Å². The summed E-state index contributed by atoms with van der Waals surface area (Å²) in [4.78, 5) is 14.0. The Morgan fingerprint density at radius 2 is 2.35 bits per heavy atom. The zero-order chi connectivity index (χ0) is 12.3. The normalized spacial score (nSPS) is 10.1. The molecular weight excluding hydrogens is 226 g/mol. The van der Waals surface area contributed by atoms with Crippen LogP contribution in [-0.4, -0.2) is 15.1 Å². The average molecular weight is 235 g/mol. The number of hydrogen-bond acceptors (Lipinski definition) is 7. The molecule has 2 heterocycles. The van der Waals surface area contributed by atoms with Crippen molar-refractivity contribution in [2.24, 2.45) is 0 Å². The first-order chi connectivity index (χ1) is 8.15. The number of nitrogen functional groups attached to an aromatic ring is 1. The highest BCUT2D eigenvalue weighted by molar-refractivity contribution is 5.52. The molecule has 8 heteroatoms. The third-order valence-corrected chi connectivity index (χ3v) is 1.98. The van der Waals surface area contributed by atoms with E-state index in [0.717, 1.165) is 0 Å². The van der Waals surface area contributed by atoms with Crippen molar-refractivity contribution in [2.45, 2.75) is 6.54 Å². The zero-order valence-corrected chi connectivity index (χ0v) is 8.66. The van der Waals surface area contributed by atoms with Crippen LogP contribution in [0.5, 0.6) is 0 Å². The average Bonchev–Trinajstić information content (AvgIpc) is 2.78. The van der Waals surface area contributed by atoms with Crippen molar-refractivity contribution in [3.05, 3.63) is 40.3 Å². The topological polar surface area (TPSA) is 120 Å². The Kier molecular flexibility index (Phi) is 2.86. The van der Waals surface area contributed by atoms with Gasteiger partial charge in [0.1, 0.15) is 23.6 Å². The summed E-state index contributed by atoms with van der Waals surface area (Å²) in [5, 5.41) is 17.2. The fourth-order valence-electron chi connectivity index (χ4n) is 1.24. The van der Waals surface area contributed by atoms with E-state index in [2.05, 4.69) is 20.0 Å². The van der Waals surface area contributed by atoms with Gasteiger partial charge in [-0.15, -0.1) is 0 Å². The van der Waals surface area contributed by atoms with Crippen molar-refractivity contribution < 1.29 is 9.45 Å². The molecule has 88 valence electrons. The maximum absolute atomic E-state index is 10.6. The van der Waals surface area contributed by atoms with Gasteiger partial charge in [-0.3, -0.25) is 10.1 Å². The van der Waals surface area contributed by atoms with Crippen LogP contribution >= 0.6 is 0 Å². The van der Waals surface area contributed by atoms with Crippen molar-refractivity contribution in [1.82, 2.24) is 10.1 Å². The van der Waals surface area contributed by atoms with Crippen LogP contribution < -0.4 is 11.1 Å².